The number of aliphatic hydroxyl groups is 2. The Bertz CT molecular complexity index is 416. The van der Waals surface area contributed by atoms with Crippen molar-refractivity contribution in [3.05, 3.63) is 28.2 Å². The van der Waals surface area contributed by atoms with E-state index in [-0.39, 0.29) is 12.7 Å². The standard InChI is InChI=1S/C8H6Cl2O3.C4H10O2.C2H7N/c9-5-1-2-7(6(10)3-5)13-4-8(11)12;1-4(6)2-3-5;1-3-2/h1-3H,4H2,(H,11,12);4-6H,2-3H2,1H3;3H,1-2H3. The molecule has 0 saturated carbocycles. The molecule has 1 unspecified atom stereocenters. The van der Waals surface area contributed by atoms with Gasteiger partial charge < -0.3 is 25.4 Å². The van der Waals surface area contributed by atoms with Crippen LogP contribution in [0.15, 0.2) is 18.2 Å². The summed E-state index contributed by atoms with van der Waals surface area (Å²) >= 11 is 11.3. The van der Waals surface area contributed by atoms with Crippen LogP contribution in [-0.4, -0.2) is 54.7 Å². The van der Waals surface area contributed by atoms with E-state index in [1.165, 1.54) is 12.1 Å². The van der Waals surface area contributed by atoms with Gasteiger partial charge in [0.15, 0.2) is 6.61 Å². The first-order chi connectivity index (χ1) is 10.3. The molecule has 0 radical (unpaired) electrons. The lowest BCUT2D eigenvalue weighted by Gasteiger charge is -2.04. The number of aliphatic hydroxyl groups excluding tert-OH is 2. The quantitative estimate of drug-likeness (QED) is 0.645. The summed E-state index contributed by atoms with van der Waals surface area (Å²) in [4.78, 5) is 10.2. The molecule has 1 atom stereocenters. The topological polar surface area (TPSA) is 99.0 Å². The second kappa shape index (κ2) is 14.9. The second-order valence-corrected chi connectivity index (χ2v) is 4.96. The number of benzene rings is 1. The van der Waals surface area contributed by atoms with Gasteiger partial charge in [0.05, 0.1) is 11.1 Å². The first-order valence-corrected chi connectivity index (χ1v) is 7.21. The van der Waals surface area contributed by atoms with Crippen molar-refractivity contribution in [2.45, 2.75) is 19.4 Å². The SMILES string of the molecule is CC(O)CCO.CNC.O=C(O)COc1ccc(Cl)cc1Cl. The Morgan fingerprint density at radius 2 is 1.91 bits per heavy atom. The molecular weight excluding hydrogens is 333 g/mol. The van der Waals surface area contributed by atoms with Crippen molar-refractivity contribution >= 4 is 29.2 Å². The molecule has 0 aliphatic rings. The van der Waals surface area contributed by atoms with Crippen LogP contribution >= 0.6 is 23.2 Å². The van der Waals surface area contributed by atoms with Crippen LogP contribution in [0.1, 0.15) is 13.3 Å². The second-order valence-electron chi connectivity index (χ2n) is 4.12. The number of carboxylic acid groups (broad SMARTS) is 1. The Labute approximate surface area is 140 Å². The monoisotopic (exact) mass is 355 g/mol. The third-order valence-corrected chi connectivity index (χ3v) is 2.32. The van der Waals surface area contributed by atoms with Gasteiger partial charge in [-0.15, -0.1) is 0 Å². The fraction of sp³-hybridized carbons (Fsp3) is 0.500. The van der Waals surface area contributed by atoms with Crippen molar-refractivity contribution in [1.29, 1.82) is 0 Å². The van der Waals surface area contributed by atoms with Gasteiger partial charge in [-0.1, -0.05) is 23.2 Å². The normalized spacial score (nSPS) is 10.5. The van der Waals surface area contributed by atoms with Crippen molar-refractivity contribution in [2.75, 3.05) is 27.3 Å². The van der Waals surface area contributed by atoms with Gasteiger partial charge in [-0.3, -0.25) is 0 Å². The molecule has 0 spiro atoms. The zero-order valence-electron chi connectivity index (χ0n) is 12.8. The van der Waals surface area contributed by atoms with E-state index in [1.54, 1.807) is 13.0 Å². The molecule has 8 heteroatoms. The van der Waals surface area contributed by atoms with Gasteiger partial charge in [-0.2, -0.15) is 0 Å². The molecule has 128 valence electrons. The first-order valence-electron chi connectivity index (χ1n) is 6.45. The highest BCUT2D eigenvalue weighted by molar-refractivity contribution is 6.35. The molecule has 1 aromatic rings. The maximum atomic E-state index is 10.2. The largest absolute Gasteiger partial charge is 0.480 e. The number of nitrogens with one attached hydrogen (secondary N) is 1. The zero-order valence-corrected chi connectivity index (χ0v) is 14.4. The molecule has 0 bridgehead atoms. The number of halogens is 2. The Morgan fingerprint density at radius 3 is 2.23 bits per heavy atom. The summed E-state index contributed by atoms with van der Waals surface area (Å²) in [7, 11) is 3.75. The summed E-state index contributed by atoms with van der Waals surface area (Å²) < 4.78 is 4.86. The van der Waals surface area contributed by atoms with Crippen LogP contribution < -0.4 is 10.1 Å². The zero-order chi connectivity index (χ0) is 17.5. The fourth-order valence-electron chi connectivity index (χ4n) is 0.919. The smallest absolute Gasteiger partial charge is 0.341 e. The molecule has 4 N–H and O–H groups in total. The maximum Gasteiger partial charge on any atom is 0.341 e. The van der Waals surface area contributed by atoms with Crippen LogP contribution in [0.5, 0.6) is 5.75 Å². The molecule has 0 amide bonds. The Kier molecular flexibility index (Phi) is 15.7. The van der Waals surface area contributed by atoms with E-state index < -0.39 is 12.6 Å². The number of hydrogen-bond donors (Lipinski definition) is 4. The highest BCUT2D eigenvalue weighted by Gasteiger charge is 2.04. The van der Waals surface area contributed by atoms with E-state index in [2.05, 4.69) is 5.32 Å². The predicted octanol–water partition coefficient (Wildman–Crippen LogP) is 2.04. The number of aliphatic carboxylic acids is 1. The molecule has 0 heterocycles. The third-order valence-electron chi connectivity index (χ3n) is 1.79. The van der Waals surface area contributed by atoms with Crippen molar-refractivity contribution < 1.29 is 24.9 Å². The summed E-state index contributed by atoms with van der Waals surface area (Å²) in [5.41, 5.74) is 0. The number of ether oxygens (including phenoxy) is 1. The van der Waals surface area contributed by atoms with Crippen LogP contribution in [0.2, 0.25) is 10.0 Å². The van der Waals surface area contributed by atoms with Gasteiger partial charge in [0.1, 0.15) is 5.75 Å². The van der Waals surface area contributed by atoms with Crippen molar-refractivity contribution in [1.82, 2.24) is 5.32 Å². The van der Waals surface area contributed by atoms with E-state index >= 15 is 0 Å². The lowest BCUT2D eigenvalue weighted by Crippen LogP contribution is -2.09. The van der Waals surface area contributed by atoms with Gasteiger partial charge in [0, 0.05) is 11.6 Å². The highest BCUT2D eigenvalue weighted by atomic mass is 35.5. The van der Waals surface area contributed by atoms with E-state index in [9.17, 15) is 4.79 Å². The molecule has 1 aromatic carbocycles. The van der Waals surface area contributed by atoms with E-state index in [0.717, 1.165) is 0 Å². The Morgan fingerprint density at radius 1 is 1.36 bits per heavy atom. The molecule has 22 heavy (non-hydrogen) atoms. The van der Waals surface area contributed by atoms with E-state index in [1.807, 2.05) is 14.1 Å². The molecule has 0 aliphatic heterocycles. The Hall–Kier alpha value is -1.05. The fourth-order valence-corrected chi connectivity index (χ4v) is 1.38. The molecule has 0 saturated heterocycles. The van der Waals surface area contributed by atoms with E-state index in [4.69, 9.17) is 43.3 Å². The van der Waals surface area contributed by atoms with Crippen molar-refractivity contribution in [3.63, 3.8) is 0 Å². The van der Waals surface area contributed by atoms with Crippen molar-refractivity contribution in [2.24, 2.45) is 0 Å². The van der Waals surface area contributed by atoms with Gasteiger partial charge in [0.25, 0.3) is 0 Å². The maximum absolute atomic E-state index is 10.2. The van der Waals surface area contributed by atoms with Crippen LogP contribution in [0.25, 0.3) is 0 Å². The summed E-state index contributed by atoms with van der Waals surface area (Å²) in [6.07, 6.45) is 0.134. The third kappa shape index (κ3) is 15.3. The summed E-state index contributed by atoms with van der Waals surface area (Å²) in [6.45, 7) is 1.31. The number of rotatable bonds is 5. The lowest BCUT2D eigenvalue weighted by molar-refractivity contribution is -0.139. The average molecular weight is 356 g/mol. The first kappa shape index (κ1) is 23.2. The molecule has 0 aliphatic carbocycles. The molecule has 0 fully saturated rings. The summed E-state index contributed by atoms with van der Waals surface area (Å²) in [6, 6.07) is 4.58. The molecule has 6 nitrogen and oxygen atoms in total. The van der Waals surface area contributed by atoms with Crippen LogP contribution in [0.4, 0.5) is 0 Å². The van der Waals surface area contributed by atoms with Gasteiger partial charge in [-0.25, -0.2) is 4.79 Å². The lowest BCUT2D eigenvalue weighted by atomic mass is 10.3. The number of carbonyl (C=O) groups is 1. The minimum atomic E-state index is -1.05. The molecule has 0 aromatic heterocycles. The Balaban J connectivity index is 0. The van der Waals surface area contributed by atoms with Gasteiger partial charge in [0.2, 0.25) is 0 Å². The number of hydrogen-bond acceptors (Lipinski definition) is 5. The summed E-state index contributed by atoms with van der Waals surface area (Å²) in [5.74, 6) is -0.737. The molecule has 1 rings (SSSR count). The predicted molar refractivity (Wildman–Crippen MR) is 88.0 cm³/mol. The molecular formula is C14H23Cl2NO5. The van der Waals surface area contributed by atoms with Gasteiger partial charge in [-0.05, 0) is 45.6 Å². The van der Waals surface area contributed by atoms with Gasteiger partial charge >= 0.3 is 5.97 Å². The minimum absolute atomic E-state index is 0.0810. The van der Waals surface area contributed by atoms with Crippen molar-refractivity contribution in [3.8, 4) is 5.75 Å². The van der Waals surface area contributed by atoms with Crippen LogP contribution in [0, 0.1) is 0 Å². The summed E-state index contributed by atoms with van der Waals surface area (Å²) in [5, 5.41) is 28.3. The minimum Gasteiger partial charge on any atom is -0.480 e. The highest BCUT2D eigenvalue weighted by Crippen LogP contribution is 2.27. The van der Waals surface area contributed by atoms with E-state index in [0.29, 0.717) is 22.2 Å². The van der Waals surface area contributed by atoms with Crippen LogP contribution in [0.3, 0.4) is 0 Å². The number of carboxylic acids is 1. The van der Waals surface area contributed by atoms with Crippen LogP contribution in [-0.2, 0) is 4.79 Å². The average Bonchev–Trinajstić information content (AvgIpc) is 2.39.